The van der Waals surface area contributed by atoms with E-state index < -0.39 is 23.8 Å². The van der Waals surface area contributed by atoms with Crippen molar-refractivity contribution in [3.63, 3.8) is 0 Å². The first-order valence-corrected chi connectivity index (χ1v) is 7.03. The van der Waals surface area contributed by atoms with Crippen molar-refractivity contribution in [2.24, 2.45) is 5.92 Å². The van der Waals surface area contributed by atoms with Crippen LogP contribution in [0.3, 0.4) is 0 Å². The molecule has 7 heteroatoms. The third-order valence-corrected chi connectivity index (χ3v) is 4.15. The largest absolute Gasteiger partial charge is 0.467 e. The molecule has 2 rings (SSSR count). The molecule has 1 unspecified atom stereocenters. The van der Waals surface area contributed by atoms with Gasteiger partial charge in [0, 0.05) is 5.69 Å². The molecular weight excluding hydrogens is 285 g/mol. The first kappa shape index (κ1) is 15.9. The molecule has 4 nitrogen and oxygen atoms in total. The monoisotopic (exact) mass is 304 g/mol. The lowest BCUT2D eigenvalue weighted by atomic mass is 9.98. The van der Waals surface area contributed by atoms with E-state index >= 15 is 0 Å². The number of hydrogen-bond acceptors (Lipinski definition) is 3. The van der Waals surface area contributed by atoms with Crippen LogP contribution in [-0.4, -0.2) is 22.9 Å². The van der Waals surface area contributed by atoms with Crippen molar-refractivity contribution in [1.29, 1.82) is 0 Å². The van der Waals surface area contributed by atoms with Crippen molar-refractivity contribution in [2.75, 3.05) is 7.11 Å². The average molecular weight is 304 g/mol. The van der Waals surface area contributed by atoms with Crippen LogP contribution in [0.5, 0.6) is 0 Å². The first-order chi connectivity index (χ1) is 9.84. The minimum absolute atomic E-state index is 0.0455. The lowest BCUT2D eigenvalue weighted by molar-refractivity contribution is -0.146. The van der Waals surface area contributed by atoms with E-state index in [2.05, 4.69) is 5.10 Å². The zero-order chi connectivity index (χ0) is 15.6. The second-order valence-corrected chi connectivity index (χ2v) is 5.51. The van der Waals surface area contributed by atoms with Crippen LogP contribution in [0.15, 0.2) is 6.20 Å². The van der Waals surface area contributed by atoms with E-state index in [0.29, 0.717) is 12.3 Å². The maximum atomic E-state index is 12.8. The Morgan fingerprint density at radius 3 is 2.57 bits per heavy atom. The summed E-state index contributed by atoms with van der Waals surface area (Å²) in [5, 5.41) is 3.79. The van der Waals surface area contributed by atoms with Crippen LogP contribution < -0.4 is 0 Å². The Hall–Kier alpha value is -1.53. The topological polar surface area (TPSA) is 44.1 Å². The lowest BCUT2D eigenvalue weighted by Crippen LogP contribution is -2.25. The predicted octanol–water partition coefficient (Wildman–Crippen LogP) is 3.50. The van der Waals surface area contributed by atoms with Crippen molar-refractivity contribution in [3.8, 4) is 0 Å². The summed E-state index contributed by atoms with van der Waals surface area (Å²) in [6.07, 6.45) is 0.998. The molecule has 0 bridgehead atoms. The van der Waals surface area contributed by atoms with Crippen LogP contribution in [0.2, 0.25) is 0 Å². The first-order valence-electron chi connectivity index (χ1n) is 7.03. The minimum atomic E-state index is -4.46. The van der Waals surface area contributed by atoms with Crippen LogP contribution in [0, 0.1) is 12.8 Å². The number of methoxy groups -OCH3 is 1. The van der Waals surface area contributed by atoms with E-state index in [9.17, 15) is 18.0 Å². The number of halogens is 3. The van der Waals surface area contributed by atoms with E-state index in [1.54, 1.807) is 0 Å². The summed E-state index contributed by atoms with van der Waals surface area (Å²) in [7, 11) is 1.24. The SMILES string of the molecule is COC(=O)C(CC1CCCC1)n1ncc(C(F)(F)F)c1C. The van der Waals surface area contributed by atoms with Gasteiger partial charge in [-0.2, -0.15) is 18.3 Å². The quantitative estimate of drug-likeness (QED) is 0.800. The lowest BCUT2D eigenvalue weighted by Gasteiger charge is -2.20. The third-order valence-electron chi connectivity index (χ3n) is 4.15. The summed E-state index contributed by atoms with van der Waals surface area (Å²) in [6, 6.07) is -0.783. The maximum absolute atomic E-state index is 12.8. The van der Waals surface area contributed by atoms with E-state index in [1.165, 1.54) is 14.0 Å². The zero-order valence-corrected chi connectivity index (χ0v) is 12.1. The molecule has 21 heavy (non-hydrogen) atoms. The van der Waals surface area contributed by atoms with Gasteiger partial charge in [-0.25, -0.2) is 4.79 Å². The fraction of sp³-hybridized carbons (Fsp3) is 0.714. The van der Waals surface area contributed by atoms with Gasteiger partial charge in [-0.05, 0) is 19.3 Å². The van der Waals surface area contributed by atoms with Gasteiger partial charge >= 0.3 is 12.1 Å². The molecule has 1 saturated carbocycles. The van der Waals surface area contributed by atoms with Crippen molar-refractivity contribution in [1.82, 2.24) is 9.78 Å². The number of hydrogen-bond donors (Lipinski definition) is 0. The summed E-state index contributed by atoms with van der Waals surface area (Å²) >= 11 is 0. The molecule has 0 N–H and O–H groups in total. The van der Waals surface area contributed by atoms with Crippen LogP contribution >= 0.6 is 0 Å². The Morgan fingerprint density at radius 2 is 2.10 bits per heavy atom. The number of esters is 1. The van der Waals surface area contributed by atoms with Gasteiger partial charge in [0.05, 0.1) is 18.9 Å². The van der Waals surface area contributed by atoms with Crippen LogP contribution in [-0.2, 0) is 15.7 Å². The Bertz CT molecular complexity index is 505. The molecule has 1 aliphatic carbocycles. The average Bonchev–Trinajstić information content (AvgIpc) is 3.03. The number of aromatic nitrogens is 2. The van der Waals surface area contributed by atoms with E-state index in [-0.39, 0.29) is 5.69 Å². The third kappa shape index (κ3) is 3.39. The minimum Gasteiger partial charge on any atom is -0.467 e. The van der Waals surface area contributed by atoms with Gasteiger partial charge in [-0.3, -0.25) is 4.68 Å². The van der Waals surface area contributed by atoms with Gasteiger partial charge in [-0.1, -0.05) is 25.7 Å². The van der Waals surface area contributed by atoms with Crippen molar-refractivity contribution in [2.45, 2.75) is 51.2 Å². The van der Waals surface area contributed by atoms with Gasteiger partial charge in [0.25, 0.3) is 0 Å². The highest BCUT2D eigenvalue weighted by molar-refractivity contribution is 5.74. The highest BCUT2D eigenvalue weighted by Gasteiger charge is 2.37. The van der Waals surface area contributed by atoms with Gasteiger partial charge < -0.3 is 4.74 Å². The fourth-order valence-electron chi connectivity index (χ4n) is 3.01. The molecule has 1 atom stereocenters. The number of rotatable bonds is 4. The van der Waals surface area contributed by atoms with Gasteiger partial charge in [0.1, 0.15) is 6.04 Å². The predicted molar refractivity (Wildman–Crippen MR) is 69.6 cm³/mol. The normalized spacial score (nSPS) is 18.0. The Kier molecular flexibility index (Phi) is 4.58. The van der Waals surface area contributed by atoms with E-state index in [0.717, 1.165) is 36.6 Å². The number of carbonyl (C=O) groups is 1. The van der Waals surface area contributed by atoms with E-state index in [1.807, 2.05) is 0 Å². The van der Waals surface area contributed by atoms with Gasteiger partial charge in [0.15, 0.2) is 0 Å². The Balaban J connectivity index is 2.28. The highest BCUT2D eigenvalue weighted by Crippen LogP contribution is 2.36. The van der Waals surface area contributed by atoms with Gasteiger partial charge in [-0.15, -0.1) is 0 Å². The smallest absolute Gasteiger partial charge is 0.419 e. The molecule has 1 heterocycles. The standard InChI is InChI=1S/C14H19F3N2O2/c1-9-11(14(15,16)17)8-18-19(9)12(13(20)21-2)7-10-5-3-4-6-10/h8,10,12H,3-7H2,1-2H3. The summed E-state index contributed by atoms with van der Waals surface area (Å²) in [6.45, 7) is 1.33. The van der Waals surface area contributed by atoms with Crippen LogP contribution in [0.25, 0.3) is 0 Å². The molecule has 1 aromatic heterocycles. The van der Waals surface area contributed by atoms with Crippen molar-refractivity contribution < 1.29 is 22.7 Å². The Labute approximate surface area is 121 Å². The molecule has 1 aliphatic rings. The number of carbonyl (C=O) groups excluding carboxylic acids is 1. The van der Waals surface area contributed by atoms with Crippen molar-refractivity contribution >= 4 is 5.97 Å². The fourth-order valence-corrected chi connectivity index (χ4v) is 3.01. The number of ether oxygens (including phenoxy) is 1. The summed E-state index contributed by atoms with van der Waals surface area (Å²) in [5.41, 5.74) is -0.848. The van der Waals surface area contributed by atoms with Crippen LogP contribution in [0.4, 0.5) is 13.2 Å². The molecule has 0 spiro atoms. The second-order valence-electron chi connectivity index (χ2n) is 5.51. The van der Waals surface area contributed by atoms with Crippen molar-refractivity contribution in [3.05, 3.63) is 17.5 Å². The molecular formula is C14H19F3N2O2. The molecule has 0 amide bonds. The summed E-state index contributed by atoms with van der Waals surface area (Å²) in [4.78, 5) is 11.9. The Morgan fingerprint density at radius 1 is 1.48 bits per heavy atom. The number of alkyl halides is 3. The molecule has 0 saturated heterocycles. The maximum Gasteiger partial charge on any atom is 0.419 e. The van der Waals surface area contributed by atoms with Crippen LogP contribution in [0.1, 0.15) is 49.4 Å². The second kappa shape index (κ2) is 6.07. The molecule has 1 aromatic rings. The molecule has 118 valence electrons. The molecule has 0 radical (unpaired) electrons. The summed E-state index contributed by atoms with van der Waals surface area (Å²) in [5.74, 6) is -0.200. The van der Waals surface area contributed by atoms with Gasteiger partial charge in [0.2, 0.25) is 0 Å². The van der Waals surface area contributed by atoms with E-state index in [4.69, 9.17) is 4.74 Å². The molecule has 1 fully saturated rings. The summed E-state index contributed by atoms with van der Waals surface area (Å²) < 4.78 is 44.4. The zero-order valence-electron chi connectivity index (χ0n) is 12.1. The number of nitrogens with zero attached hydrogens (tertiary/aromatic N) is 2. The molecule has 0 aromatic carbocycles. The highest BCUT2D eigenvalue weighted by atomic mass is 19.4. The molecule has 0 aliphatic heterocycles.